The SMILES string of the molecule is Cc1cc(/C=N\NC(=O)c2ccc(C#N)cc2F)c(C)n1-c1ccc(C#N)cc1. The molecule has 3 aromatic rings. The number of aromatic nitrogens is 1. The second-order valence-corrected chi connectivity index (χ2v) is 6.33. The lowest BCUT2D eigenvalue weighted by molar-refractivity contribution is 0.0951. The monoisotopic (exact) mass is 385 g/mol. The van der Waals surface area contributed by atoms with Crippen molar-refractivity contribution in [3.63, 3.8) is 0 Å². The first-order valence-electron chi connectivity index (χ1n) is 8.67. The molecule has 0 spiro atoms. The summed E-state index contributed by atoms with van der Waals surface area (Å²) >= 11 is 0. The van der Waals surface area contributed by atoms with Gasteiger partial charge in [0, 0.05) is 22.6 Å². The standard InChI is InChI=1S/C22H16FN5O/c1-14-9-18(15(2)28(14)19-6-3-16(11-24)4-7-19)13-26-27-22(29)20-8-5-17(12-25)10-21(20)23/h3-10,13H,1-2H3,(H,27,29)/b26-13-. The molecule has 0 aliphatic heterocycles. The summed E-state index contributed by atoms with van der Waals surface area (Å²) in [6.45, 7) is 3.85. The number of hydrogen-bond donors (Lipinski definition) is 1. The molecule has 0 radical (unpaired) electrons. The summed E-state index contributed by atoms with van der Waals surface area (Å²) in [5.74, 6) is -1.49. The van der Waals surface area contributed by atoms with E-state index in [1.54, 1.807) is 12.1 Å². The zero-order chi connectivity index (χ0) is 21.0. The Bertz CT molecular complexity index is 1190. The summed E-state index contributed by atoms with van der Waals surface area (Å²) < 4.78 is 15.9. The third-order valence-corrected chi connectivity index (χ3v) is 4.44. The van der Waals surface area contributed by atoms with Gasteiger partial charge in [-0.1, -0.05) is 0 Å². The van der Waals surface area contributed by atoms with E-state index >= 15 is 0 Å². The van der Waals surface area contributed by atoms with E-state index in [2.05, 4.69) is 16.6 Å². The van der Waals surface area contributed by atoms with Gasteiger partial charge in [-0.25, -0.2) is 9.82 Å². The van der Waals surface area contributed by atoms with E-state index in [0.717, 1.165) is 28.7 Å². The fourth-order valence-electron chi connectivity index (χ4n) is 2.99. The number of carbonyl (C=O) groups excluding carboxylic acids is 1. The molecule has 1 aromatic heterocycles. The lowest BCUT2D eigenvalue weighted by Gasteiger charge is -2.09. The van der Waals surface area contributed by atoms with Crippen LogP contribution < -0.4 is 5.43 Å². The zero-order valence-electron chi connectivity index (χ0n) is 15.8. The summed E-state index contributed by atoms with van der Waals surface area (Å²) in [6, 6.07) is 16.6. The molecular weight excluding hydrogens is 369 g/mol. The van der Waals surface area contributed by atoms with E-state index in [4.69, 9.17) is 10.5 Å². The van der Waals surface area contributed by atoms with Gasteiger partial charge in [0.15, 0.2) is 0 Å². The maximum atomic E-state index is 13.9. The van der Waals surface area contributed by atoms with Gasteiger partial charge in [-0.3, -0.25) is 4.79 Å². The molecular formula is C22H16FN5O. The maximum Gasteiger partial charge on any atom is 0.274 e. The quantitative estimate of drug-likeness (QED) is 0.547. The van der Waals surface area contributed by atoms with Crippen molar-refractivity contribution in [2.24, 2.45) is 5.10 Å². The Morgan fingerprint density at radius 3 is 2.34 bits per heavy atom. The molecule has 0 aliphatic carbocycles. The Hall–Kier alpha value is -4.23. The zero-order valence-corrected chi connectivity index (χ0v) is 15.8. The molecule has 0 saturated heterocycles. The van der Waals surface area contributed by atoms with Gasteiger partial charge in [0.05, 0.1) is 35.0 Å². The van der Waals surface area contributed by atoms with Crippen molar-refractivity contribution in [2.75, 3.05) is 0 Å². The van der Waals surface area contributed by atoms with Crippen molar-refractivity contribution in [1.82, 2.24) is 9.99 Å². The van der Waals surface area contributed by atoms with Gasteiger partial charge in [-0.2, -0.15) is 15.6 Å². The van der Waals surface area contributed by atoms with E-state index in [1.165, 1.54) is 18.3 Å². The van der Waals surface area contributed by atoms with E-state index in [-0.39, 0.29) is 11.1 Å². The van der Waals surface area contributed by atoms with Crippen molar-refractivity contribution < 1.29 is 9.18 Å². The number of aryl methyl sites for hydroxylation is 1. The fraction of sp³-hybridized carbons (Fsp3) is 0.0909. The third kappa shape index (κ3) is 4.05. The van der Waals surface area contributed by atoms with Crippen LogP contribution in [-0.4, -0.2) is 16.7 Å². The van der Waals surface area contributed by atoms with Gasteiger partial charge in [0.1, 0.15) is 5.82 Å². The average Bonchev–Trinajstić information content (AvgIpc) is 3.01. The highest BCUT2D eigenvalue weighted by Crippen LogP contribution is 2.20. The molecule has 0 bridgehead atoms. The van der Waals surface area contributed by atoms with Gasteiger partial charge in [0.25, 0.3) is 5.91 Å². The van der Waals surface area contributed by atoms with E-state index in [9.17, 15) is 9.18 Å². The summed E-state index contributed by atoms with van der Waals surface area (Å²) in [7, 11) is 0. The number of amides is 1. The molecule has 7 heteroatoms. The van der Waals surface area contributed by atoms with E-state index in [0.29, 0.717) is 5.56 Å². The normalized spacial score (nSPS) is 10.5. The molecule has 6 nitrogen and oxygen atoms in total. The second kappa shape index (κ2) is 8.20. The first kappa shape index (κ1) is 19.5. The number of carbonyl (C=O) groups is 1. The number of nitrogens with zero attached hydrogens (tertiary/aromatic N) is 4. The van der Waals surface area contributed by atoms with Gasteiger partial charge >= 0.3 is 0 Å². The molecule has 1 amide bonds. The molecule has 0 saturated carbocycles. The summed E-state index contributed by atoms with van der Waals surface area (Å²) in [5, 5.41) is 21.6. The summed E-state index contributed by atoms with van der Waals surface area (Å²) in [6.07, 6.45) is 1.49. The Kier molecular flexibility index (Phi) is 5.52. The van der Waals surface area contributed by atoms with Crippen molar-refractivity contribution >= 4 is 12.1 Å². The van der Waals surface area contributed by atoms with Gasteiger partial charge in [-0.15, -0.1) is 0 Å². The number of hydrogen-bond acceptors (Lipinski definition) is 4. The molecule has 3 rings (SSSR count). The van der Waals surface area contributed by atoms with Gasteiger partial charge in [-0.05, 0) is 62.4 Å². The van der Waals surface area contributed by atoms with Crippen LogP contribution in [0.25, 0.3) is 5.69 Å². The second-order valence-electron chi connectivity index (χ2n) is 6.33. The topological polar surface area (TPSA) is 94.0 Å². The fourth-order valence-corrected chi connectivity index (χ4v) is 2.99. The predicted octanol–water partition coefficient (Wildman–Crippen LogP) is 3.74. The molecule has 29 heavy (non-hydrogen) atoms. The van der Waals surface area contributed by atoms with Gasteiger partial charge < -0.3 is 4.57 Å². The molecule has 142 valence electrons. The Labute approximate surface area is 167 Å². The van der Waals surface area contributed by atoms with Crippen molar-refractivity contribution in [3.8, 4) is 17.8 Å². The Morgan fingerprint density at radius 2 is 1.72 bits per heavy atom. The van der Waals surface area contributed by atoms with Crippen LogP contribution in [0, 0.1) is 42.3 Å². The van der Waals surface area contributed by atoms with Crippen LogP contribution in [0.15, 0.2) is 53.6 Å². The van der Waals surface area contributed by atoms with Crippen LogP contribution >= 0.6 is 0 Å². The van der Waals surface area contributed by atoms with E-state index < -0.39 is 11.7 Å². The number of hydrazone groups is 1. The number of benzene rings is 2. The van der Waals surface area contributed by atoms with Crippen molar-refractivity contribution in [1.29, 1.82) is 10.5 Å². The van der Waals surface area contributed by atoms with Crippen LogP contribution in [0.5, 0.6) is 0 Å². The first-order valence-corrected chi connectivity index (χ1v) is 8.67. The molecule has 2 aromatic carbocycles. The molecule has 1 N–H and O–H groups in total. The highest BCUT2D eigenvalue weighted by atomic mass is 19.1. The molecule has 0 atom stereocenters. The summed E-state index contributed by atoms with van der Waals surface area (Å²) in [5.41, 5.74) is 6.37. The molecule has 0 aliphatic rings. The molecule has 0 fully saturated rings. The maximum absolute atomic E-state index is 13.9. The van der Waals surface area contributed by atoms with Crippen LogP contribution in [0.4, 0.5) is 4.39 Å². The summed E-state index contributed by atoms with van der Waals surface area (Å²) in [4.78, 5) is 12.1. The number of nitrogens with one attached hydrogen (secondary N) is 1. The highest BCUT2D eigenvalue weighted by Gasteiger charge is 2.12. The first-order chi connectivity index (χ1) is 13.9. The van der Waals surface area contributed by atoms with Crippen LogP contribution in [0.3, 0.4) is 0 Å². The number of rotatable bonds is 4. The molecule has 1 heterocycles. The Morgan fingerprint density at radius 1 is 1.07 bits per heavy atom. The highest BCUT2D eigenvalue weighted by molar-refractivity contribution is 5.95. The predicted molar refractivity (Wildman–Crippen MR) is 106 cm³/mol. The number of halogens is 1. The van der Waals surface area contributed by atoms with E-state index in [1.807, 2.05) is 42.7 Å². The minimum Gasteiger partial charge on any atom is -0.318 e. The van der Waals surface area contributed by atoms with Gasteiger partial charge in [0.2, 0.25) is 0 Å². The van der Waals surface area contributed by atoms with Crippen LogP contribution in [0.2, 0.25) is 0 Å². The molecule has 0 unspecified atom stereocenters. The van der Waals surface area contributed by atoms with Crippen molar-refractivity contribution in [3.05, 3.63) is 88.0 Å². The average molecular weight is 385 g/mol. The minimum atomic E-state index is -0.782. The van der Waals surface area contributed by atoms with Crippen molar-refractivity contribution in [2.45, 2.75) is 13.8 Å². The van der Waals surface area contributed by atoms with Crippen LogP contribution in [-0.2, 0) is 0 Å². The Balaban J connectivity index is 1.79. The minimum absolute atomic E-state index is 0.137. The number of nitriles is 2. The third-order valence-electron chi connectivity index (χ3n) is 4.44. The largest absolute Gasteiger partial charge is 0.318 e. The smallest absolute Gasteiger partial charge is 0.274 e. The lowest BCUT2D eigenvalue weighted by Crippen LogP contribution is -2.19. The lowest BCUT2D eigenvalue weighted by atomic mass is 10.1. The van der Waals surface area contributed by atoms with Crippen LogP contribution in [0.1, 0.15) is 38.4 Å².